The summed E-state index contributed by atoms with van der Waals surface area (Å²) in [5, 5.41) is 16.0. The predicted octanol–water partition coefficient (Wildman–Crippen LogP) is 19.1. The number of benzene rings is 17. The standard InChI is InChI=1S/C114H98BNSSi3/c1-112(2,3)88-63-67-106(103(76-88)84-47-26-13-27-48-84)116-107-68-65-98(119(93-54-32-16-33-55-93,94-56-34-17-35-57-94)100-72-86(82-43-22-11-23-44-82)69-89(74-100)113(4,5)6)77-105(107)115-104-66-64-99(120(95-58-36-18-37-59-95,96-60-38-19-39-61-96)101-73-87(83-45-24-12-25-46-83)70-90(75-101)114(7,8)9)79-109(104)117-110-80-102(78-108(116)111(110)115)118(91-50-28-14-29-51-91,92-52-30-15-31-53-92)97-62-40-49-85(71-97)81-41-20-10-21-42-81/h10-80H,1-9H3. The van der Waals surface area contributed by atoms with Crippen molar-refractivity contribution in [1.82, 2.24) is 0 Å². The van der Waals surface area contributed by atoms with E-state index in [9.17, 15) is 0 Å². The minimum absolute atomic E-state index is 0.153. The molecule has 19 rings (SSSR count). The van der Waals surface area contributed by atoms with Crippen molar-refractivity contribution in [2.24, 2.45) is 0 Å². The topological polar surface area (TPSA) is 3.24 Å². The molecule has 17 aromatic carbocycles. The largest absolute Gasteiger partial charge is 0.311 e. The van der Waals surface area contributed by atoms with Crippen LogP contribution in [0.25, 0.3) is 44.5 Å². The summed E-state index contributed by atoms with van der Waals surface area (Å²) in [5.74, 6) is 0. The van der Waals surface area contributed by atoms with Crippen molar-refractivity contribution in [2.75, 3.05) is 4.90 Å². The van der Waals surface area contributed by atoms with Crippen molar-refractivity contribution in [3.05, 3.63) is 447 Å². The first-order chi connectivity index (χ1) is 58.4. The van der Waals surface area contributed by atoms with E-state index in [0.717, 1.165) is 5.69 Å². The van der Waals surface area contributed by atoms with Gasteiger partial charge in [-0.1, -0.05) is 474 Å². The Kier molecular flexibility index (Phi) is 20.3. The van der Waals surface area contributed by atoms with Crippen LogP contribution in [0.4, 0.5) is 17.1 Å². The molecule has 0 bridgehead atoms. The van der Waals surface area contributed by atoms with Crippen molar-refractivity contribution in [3.63, 3.8) is 0 Å². The summed E-state index contributed by atoms with van der Waals surface area (Å²) in [7, 11) is -10.2. The van der Waals surface area contributed by atoms with Crippen LogP contribution in [0.1, 0.15) is 79.0 Å². The fourth-order valence-electron chi connectivity index (χ4n) is 19.6. The first-order valence-electron chi connectivity index (χ1n) is 42.5. The highest BCUT2D eigenvalue weighted by Crippen LogP contribution is 2.47. The van der Waals surface area contributed by atoms with E-state index in [0.29, 0.717) is 0 Å². The molecule has 0 atom stereocenters. The normalized spacial score (nSPS) is 12.8. The van der Waals surface area contributed by atoms with Crippen LogP contribution >= 0.6 is 11.8 Å². The minimum atomic E-state index is -3.44. The van der Waals surface area contributed by atoms with Gasteiger partial charge in [-0.25, -0.2) is 0 Å². The van der Waals surface area contributed by atoms with E-state index < -0.39 is 24.2 Å². The van der Waals surface area contributed by atoms with Gasteiger partial charge in [-0.2, -0.15) is 0 Å². The van der Waals surface area contributed by atoms with Gasteiger partial charge in [0.05, 0.1) is 5.69 Å². The Hall–Kier alpha value is -12.4. The van der Waals surface area contributed by atoms with Crippen LogP contribution in [0.2, 0.25) is 0 Å². The summed E-state index contributed by atoms with van der Waals surface area (Å²) >= 11 is 2.00. The second-order valence-electron chi connectivity index (χ2n) is 35.9. The first-order valence-corrected chi connectivity index (χ1v) is 49.3. The van der Waals surface area contributed by atoms with Crippen molar-refractivity contribution < 1.29 is 0 Å². The monoisotopic (exact) mass is 1610 g/mol. The van der Waals surface area contributed by atoms with E-state index in [-0.39, 0.29) is 23.0 Å². The molecule has 0 unspecified atom stereocenters. The van der Waals surface area contributed by atoms with E-state index in [1.165, 1.54) is 161 Å². The molecule has 17 aromatic rings. The van der Waals surface area contributed by atoms with Crippen LogP contribution in [0.5, 0.6) is 0 Å². The van der Waals surface area contributed by atoms with Gasteiger partial charge < -0.3 is 4.90 Å². The van der Waals surface area contributed by atoms with Gasteiger partial charge in [0.15, 0.2) is 24.2 Å². The molecule has 0 saturated carbocycles. The molecular formula is C114H98BNSSi3. The third-order valence-corrected chi connectivity index (χ3v) is 40.9. The lowest BCUT2D eigenvalue weighted by molar-refractivity contribution is 0.590. The molecular weight excluding hydrogens is 1510 g/mol. The molecule has 6 heteroatoms. The van der Waals surface area contributed by atoms with E-state index in [1.807, 2.05) is 11.8 Å². The maximum atomic E-state index is 2.75. The fourth-order valence-corrected chi connectivity index (χ4v) is 35.5. The zero-order chi connectivity index (χ0) is 82.0. The van der Waals surface area contributed by atoms with Crippen LogP contribution in [-0.2, 0) is 16.2 Å². The van der Waals surface area contributed by atoms with Crippen molar-refractivity contribution in [3.8, 4) is 44.5 Å². The molecule has 580 valence electrons. The van der Waals surface area contributed by atoms with Crippen LogP contribution in [0, 0.1) is 0 Å². The van der Waals surface area contributed by atoms with Gasteiger partial charge in [-0.05, 0) is 181 Å². The lowest BCUT2D eigenvalue weighted by atomic mass is 9.35. The molecule has 0 aliphatic carbocycles. The Bertz CT molecular complexity index is 6470. The van der Waals surface area contributed by atoms with Gasteiger partial charge in [0.25, 0.3) is 0 Å². The van der Waals surface area contributed by atoms with Crippen LogP contribution in [0.15, 0.2) is 441 Å². The zero-order valence-corrected chi connectivity index (χ0v) is 73.7. The maximum absolute atomic E-state index is 3.44. The van der Waals surface area contributed by atoms with Crippen LogP contribution < -0.4 is 83.5 Å². The number of hydrogen-bond donors (Lipinski definition) is 0. The highest BCUT2D eigenvalue weighted by Gasteiger charge is 2.51. The Labute approximate surface area is 718 Å². The van der Waals surface area contributed by atoms with Gasteiger partial charge in [-0.15, -0.1) is 0 Å². The predicted molar refractivity (Wildman–Crippen MR) is 525 cm³/mol. The second kappa shape index (κ2) is 31.4. The number of anilines is 3. The molecule has 0 fully saturated rings. The molecule has 2 aliphatic rings. The fraction of sp³-hybridized carbons (Fsp3) is 0.105. The smallest absolute Gasteiger partial charge is 0.249 e. The number of hydrogen-bond acceptors (Lipinski definition) is 2. The molecule has 0 N–H and O–H groups in total. The molecule has 0 radical (unpaired) electrons. The van der Waals surface area contributed by atoms with E-state index in [2.05, 4.69) is 498 Å². The highest BCUT2D eigenvalue weighted by atomic mass is 32.2. The number of rotatable bonds is 17. The average Bonchev–Trinajstić information content (AvgIpc) is 0.689. The van der Waals surface area contributed by atoms with E-state index in [1.54, 1.807) is 0 Å². The Morgan fingerprint density at radius 2 is 0.533 bits per heavy atom. The Morgan fingerprint density at radius 1 is 0.208 bits per heavy atom. The quantitative estimate of drug-likeness (QED) is 0.0660. The van der Waals surface area contributed by atoms with E-state index >= 15 is 0 Å². The van der Waals surface area contributed by atoms with Crippen LogP contribution in [0.3, 0.4) is 0 Å². The molecule has 0 spiro atoms. The van der Waals surface area contributed by atoms with Crippen LogP contribution in [-0.4, -0.2) is 30.9 Å². The second-order valence-corrected chi connectivity index (χ2v) is 48.4. The Balaban J connectivity index is 0.980. The summed E-state index contributed by atoms with van der Waals surface area (Å²) in [6.07, 6.45) is 0. The Morgan fingerprint density at radius 3 is 0.950 bits per heavy atom. The van der Waals surface area contributed by atoms with Crippen molar-refractivity contribution in [1.29, 1.82) is 0 Å². The summed E-state index contributed by atoms with van der Waals surface area (Å²) in [6, 6.07) is 168. The molecule has 1 nitrogen and oxygen atoms in total. The SMILES string of the molecule is CC(C)(C)c1cc(-c2ccccc2)cc([Si](c2ccccc2)(c2ccccc2)c2ccc3c(c2)Sc2cc([Si](c4ccccc4)(c4ccccc4)c4cccc(-c5ccccc5)c4)cc4c2B3c2cc([Si](c3ccccc3)(c3ccccc3)c3cc(-c5ccccc5)cc(C(C)(C)C)c3)ccc2N4c2ccc(C(C)(C)C)cc2-c2ccccc2)c1. The minimum Gasteiger partial charge on any atom is -0.311 e. The first kappa shape index (κ1) is 77.5. The number of fused-ring (bicyclic) bond motifs is 4. The van der Waals surface area contributed by atoms with Gasteiger partial charge in [0.2, 0.25) is 6.71 Å². The van der Waals surface area contributed by atoms with Gasteiger partial charge in [0, 0.05) is 26.7 Å². The maximum Gasteiger partial charge on any atom is 0.249 e. The summed E-state index contributed by atoms with van der Waals surface area (Å²) in [5.41, 5.74) is 20.5. The highest BCUT2D eigenvalue weighted by molar-refractivity contribution is 8.00. The van der Waals surface area contributed by atoms with Gasteiger partial charge in [0.1, 0.15) is 0 Å². The van der Waals surface area contributed by atoms with Gasteiger partial charge in [-0.3, -0.25) is 0 Å². The summed E-state index contributed by atoms with van der Waals surface area (Å²) in [4.78, 5) is 5.29. The van der Waals surface area contributed by atoms with Crippen molar-refractivity contribution >= 4 is 138 Å². The molecule has 0 saturated heterocycles. The van der Waals surface area contributed by atoms with Gasteiger partial charge >= 0.3 is 0 Å². The summed E-state index contributed by atoms with van der Waals surface area (Å²) in [6.45, 7) is 21.1. The average molecular weight is 1610 g/mol. The van der Waals surface area contributed by atoms with Crippen molar-refractivity contribution in [2.45, 2.75) is 88.3 Å². The number of nitrogens with zero attached hydrogens (tertiary/aromatic N) is 1. The molecule has 2 aliphatic heterocycles. The summed E-state index contributed by atoms with van der Waals surface area (Å²) < 4.78 is 0. The lowest BCUT2D eigenvalue weighted by Crippen LogP contribution is -2.76. The third-order valence-electron chi connectivity index (χ3n) is 25.6. The van der Waals surface area contributed by atoms with E-state index in [4.69, 9.17) is 0 Å². The molecule has 120 heavy (non-hydrogen) atoms. The zero-order valence-electron chi connectivity index (χ0n) is 69.9. The molecule has 0 aromatic heterocycles. The third kappa shape index (κ3) is 13.7. The lowest BCUT2D eigenvalue weighted by Gasteiger charge is -2.44. The molecule has 0 amide bonds. The molecule has 2 heterocycles.